The number of carboxylic acid groups (broad SMARTS) is 1. The Hall–Kier alpha value is -2.64. The Labute approximate surface area is 107 Å². The van der Waals surface area contributed by atoms with E-state index in [2.05, 4.69) is 9.97 Å². The molecule has 0 aliphatic carbocycles. The fourth-order valence-corrected chi connectivity index (χ4v) is 1.65. The van der Waals surface area contributed by atoms with E-state index in [-0.39, 0.29) is 12.1 Å². The highest BCUT2D eigenvalue weighted by atomic mass is 16.6. The lowest BCUT2D eigenvalue weighted by Gasteiger charge is -2.13. The molecule has 8 nitrogen and oxygen atoms in total. The van der Waals surface area contributed by atoms with E-state index in [9.17, 15) is 14.9 Å². The molecule has 0 aliphatic rings. The van der Waals surface area contributed by atoms with Gasteiger partial charge in [0, 0.05) is 25.7 Å². The van der Waals surface area contributed by atoms with Gasteiger partial charge in [-0.05, 0) is 6.07 Å². The highest BCUT2D eigenvalue weighted by Crippen LogP contribution is 2.21. The van der Waals surface area contributed by atoms with Crippen LogP contribution in [0.3, 0.4) is 0 Å². The monoisotopic (exact) mass is 264 g/mol. The summed E-state index contributed by atoms with van der Waals surface area (Å²) in [6.45, 7) is 0.303. The van der Waals surface area contributed by atoms with Gasteiger partial charge in [-0.25, -0.2) is 4.98 Å². The van der Waals surface area contributed by atoms with Gasteiger partial charge >= 0.3 is 5.97 Å². The lowest BCUT2D eigenvalue weighted by Crippen LogP contribution is -2.21. The minimum atomic E-state index is -0.890. The zero-order valence-corrected chi connectivity index (χ0v) is 10.2. The summed E-state index contributed by atoms with van der Waals surface area (Å²) in [7, 11) is 1.70. The van der Waals surface area contributed by atoms with E-state index in [1.807, 2.05) is 0 Å². The number of nitro groups is 1. The summed E-state index contributed by atoms with van der Waals surface area (Å²) in [5.41, 5.74) is 1.13. The number of carboxylic acids is 1. The van der Waals surface area contributed by atoms with Crippen molar-refractivity contribution in [1.29, 1.82) is 0 Å². The van der Waals surface area contributed by atoms with Crippen molar-refractivity contribution in [1.82, 2.24) is 9.97 Å². The van der Waals surface area contributed by atoms with Gasteiger partial charge in [0.25, 0.3) is 5.69 Å². The van der Waals surface area contributed by atoms with E-state index >= 15 is 0 Å². The third-order valence-corrected chi connectivity index (χ3v) is 2.69. The van der Waals surface area contributed by atoms with Crippen LogP contribution in [-0.4, -0.2) is 39.6 Å². The molecule has 2 N–H and O–H groups in total. The van der Waals surface area contributed by atoms with E-state index in [0.717, 1.165) is 0 Å². The number of rotatable bonds is 5. The number of nitro benzene ring substituents is 1. The second-order valence-corrected chi connectivity index (χ2v) is 4.08. The van der Waals surface area contributed by atoms with Crippen molar-refractivity contribution < 1.29 is 14.8 Å². The highest BCUT2D eigenvalue weighted by Gasteiger charge is 2.12. The molecule has 0 spiro atoms. The van der Waals surface area contributed by atoms with Crippen LogP contribution in [0.25, 0.3) is 11.0 Å². The molecule has 19 heavy (non-hydrogen) atoms. The van der Waals surface area contributed by atoms with Crippen molar-refractivity contribution in [2.24, 2.45) is 0 Å². The Morgan fingerprint density at radius 1 is 1.58 bits per heavy atom. The lowest BCUT2D eigenvalue weighted by atomic mass is 10.3. The van der Waals surface area contributed by atoms with Crippen molar-refractivity contribution in [3.05, 3.63) is 28.3 Å². The molecule has 0 bridgehead atoms. The number of carbonyl (C=O) groups is 1. The molecule has 0 atom stereocenters. The Kier molecular flexibility index (Phi) is 3.32. The third kappa shape index (κ3) is 2.79. The normalized spacial score (nSPS) is 10.6. The van der Waals surface area contributed by atoms with Crippen LogP contribution in [0.15, 0.2) is 18.2 Å². The second kappa shape index (κ2) is 4.92. The summed E-state index contributed by atoms with van der Waals surface area (Å²) < 4.78 is 0. The average molecular weight is 264 g/mol. The molecule has 8 heteroatoms. The first-order chi connectivity index (χ1) is 8.97. The number of anilines is 1. The van der Waals surface area contributed by atoms with Crippen LogP contribution in [0.5, 0.6) is 0 Å². The van der Waals surface area contributed by atoms with Crippen LogP contribution in [0.1, 0.15) is 6.42 Å². The quantitative estimate of drug-likeness (QED) is 0.623. The van der Waals surface area contributed by atoms with Gasteiger partial charge in [-0.3, -0.25) is 14.9 Å². The maximum atomic E-state index is 10.7. The zero-order valence-electron chi connectivity index (χ0n) is 10.2. The molecule has 1 heterocycles. The second-order valence-electron chi connectivity index (χ2n) is 4.08. The number of H-pyrrole nitrogens is 1. The molecule has 1 aromatic heterocycles. The van der Waals surface area contributed by atoms with Gasteiger partial charge < -0.3 is 15.0 Å². The zero-order chi connectivity index (χ0) is 14.0. The van der Waals surface area contributed by atoms with Gasteiger partial charge in [0.15, 0.2) is 0 Å². The van der Waals surface area contributed by atoms with E-state index in [4.69, 9.17) is 5.11 Å². The Morgan fingerprint density at radius 3 is 2.95 bits per heavy atom. The minimum absolute atomic E-state index is 0.00626. The van der Waals surface area contributed by atoms with Crippen LogP contribution >= 0.6 is 0 Å². The van der Waals surface area contributed by atoms with Gasteiger partial charge in [0.2, 0.25) is 5.95 Å². The molecule has 0 radical (unpaired) electrons. The number of fused-ring (bicyclic) bond motifs is 1. The highest BCUT2D eigenvalue weighted by molar-refractivity contribution is 5.80. The van der Waals surface area contributed by atoms with E-state index in [1.165, 1.54) is 12.1 Å². The Morgan fingerprint density at radius 2 is 2.32 bits per heavy atom. The largest absolute Gasteiger partial charge is 0.481 e. The maximum Gasteiger partial charge on any atom is 0.305 e. The van der Waals surface area contributed by atoms with Crippen LogP contribution < -0.4 is 4.90 Å². The van der Waals surface area contributed by atoms with Crippen molar-refractivity contribution in [2.45, 2.75) is 6.42 Å². The molecule has 1 aromatic carbocycles. The van der Waals surface area contributed by atoms with E-state index in [0.29, 0.717) is 23.5 Å². The first-order valence-corrected chi connectivity index (χ1v) is 5.54. The van der Waals surface area contributed by atoms with Crippen molar-refractivity contribution in [3.8, 4) is 0 Å². The predicted molar refractivity (Wildman–Crippen MR) is 68.3 cm³/mol. The van der Waals surface area contributed by atoms with Gasteiger partial charge in [-0.15, -0.1) is 0 Å². The summed E-state index contributed by atoms with van der Waals surface area (Å²) in [6, 6.07) is 4.33. The number of aromatic nitrogens is 2. The van der Waals surface area contributed by atoms with E-state index in [1.54, 1.807) is 18.0 Å². The fraction of sp³-hybridized carbons (Fsp3) is 0.273. The number of nitrogens with one attached hydrogen (secondary N) is 1. The van der Waals surface area contributed by atoms with Gasteiger partial charge in [-0.2, -0.15) is 0 Å². The maximum absolute atomic E-state index is 10.7. The van der Waals surface area contributed by atoms with Crippen molar-refractivity contribution >= 4 is 28.6 Å². The number of hydrogen-bond donors (Lipinski definition) is 2. The summed E-state index contributed by atoms with van der Waals surface area (Å²) in [5.74, 6) is -0.407. The first-order valence-electron chi connectivity index (χ1n) is 5.54. The van der Waals surface area contributed by atoms with E-state index < -0.39 is 10.9 Å². The SMILES string of the molecule is CN(CCC(=O)O)c1nc2ccc([N+](=O)[O-])cc2[nH]1. The molecule has 0 amide bonds. The predicted octanol–water partition coefficient (Wildman–Crippen LogP) is 1.38. The van der Waals surface area contributed by atoms with Crippen LogP contribution in [0.2, 0.25) is 0 Å². The summed E-state index contributed by atoms with van der Waals surface area (Å²) in [6.07, 6.45) is -0.00626. The lowest BCUT2D eigenvalue weighted by molar-refractivity contribution is -0.384. The molecule has 2 aromatic rings. The number of hydrogen-bond acceptors (Lipinski definition) is 5. The molecular formula is C11H12N4O4. The Balaban J connectivity index is 2.25. The van der Waals surface area contributed by atoms with Crippen LogP contribution in [0, 0.1) is 10.1 Å². The van der Waals surface area contributed by atoms with Crippen molar-refractivity contribution in [2.75, 3.05) is 18.5 Å². The number of aliphatic carboxylic acids is 1. The molecule has 0 saturated heterocycles. The average Bonchev–Trinajstić information content (AvgIpc) is 2.78. The number of nitrogens with zero attached hydrogens (tertiary/aromatic N) is 3. The first kappa shape index (κ1) is 12.8. The fourth-order valence-electron chi connectivity index (χ4n) is 1.65. The number of benzene rings is 1. The smallest absolute Gasteiger partial charge is 0.305 e. The van der Waals surface area contributed by atoms with Crippen LogP contribution in [-0.2, 0) is 4.79 Å². The topological polar surface area (TPSA) is 112 Å². The molecule has 0 fully saturated rings. The van der Waals surface area contributed by atoms with Gasteiger partial charge in [-0.1, -0.05) is 0 Å². The number of imidazole rings is 1. The molecule has 2 rings (SSSR count). The van der Waals surface area contributed by atoms with Gasteiger partial charge in [0.05, 0.1) is 22.4 Å². The summed E-state index contributed by atoms with van der Waals surface area (Å²) >= 11 is 0. The molecular weight excluding hydrogens is 252 g/mol. The molecule has 0 saturated carbocycles. The van der Waals surface area contributed by atoms with Gasteiger partial charge in [0.1, 0.15) is 0 Å². The van der Waals surface area contributed by atoms with Crippen molar-refractivity contribution in [3.63, 3.8) is 0 Å². The standard InChI is InChI=1S/C11H12N4O4/c1-14(5-4-10(16)17)11-12-8-3-2-7(15(18)19)6-9(8)13-11/h2-3,6H,4-5H2,1H3,(H,12,13)(H,16,17). The number of aromatic amines is 1. The minimum Gasteiger partial charge on any atom is -0.481 e. The summed E-state index contributed by atoms with van der Waals surface area (Å²) in [4.78, 5) is 29.5. The molecule has 0 aliphatic heterocycles. The Bertz CT molecular complexity index is 637. The molecule has 100 valence electrons. The molecule has 0 unspecified atom stereocenters. The third-order valence-electron chi connectivity index (χ3n) is 2.69. The number of non-ortho nitro benzene ring substituents is 1. The van der Waals surface area contributed by atoms with Crippen LogP contribution in [0.4, 0.5) is 11.6 Å². The summed E-state index contributed by atoms with van der Waals surface area (Å²) in [5, 5.41) is 19.3.